The molecule has 3 nitrogen and oxygen atoms in total. The number of carbonyl (C=O) groups is 1. The van der Waals surface area contributed by atoms with Crippen LogP contribution in [0.3, 0.4) is 0 Å². The third-order valence-corrected chi connectivity index (χ3v) is 4.04. The van der Waals surface area contributed by atoms with Crippen molar-refractivity contribution in [3.63, 3.8) is 0 Å². The highest BCUT2D eigenvalue weighted by molar-refractivity contribution is 5.75. The van der Waals surface area contributed by atoms with Crippen LogP contribution >= 0.6 is 0 Å². The van der Waals surface area contributed by atoms with Gasteiger partial charge in [0, 0.05) is 13.0 Å². The molecule has 0 aromatic heterocycles. The van der Waals surface area contributed by atoms with E-state index in [1.54, 1.807) is 0 Å². The maximum Gasteiger partial charge on any atom is 0.220 e. The van der Waals surface area contributed by atoms with Crippen LogP contribution in [-0.2, 0) is 4.79 Å². The summed E-state index contributed by atoms with van der Waals surface area (Å²) in [4.78, 5) is 11.3. The molecule has 1 amide bonds. The van der Waals surface area contributed by atoms with Gasteiger partial charge in [0.1, 0.15) is 0 Å². The van der Waals surface area contributed by atoms with Gasteiger partial charge < -0.3 is 10.4 Å². The SMILES string of the molecule is CCCCC/C=C\C/C=C\CCCCCCCCC(=O)NCCO. The van der Waals surface area contributed by atoms with E-state index in [0.29, 0.717) is 13.0 Å². The number of allylic oxidation sites excluding steroid dienone is 4. The van der Waals surface area contributed by atoms with Crippen LogP contribution in [0.1, 0.15) is 90.4 Å². The molecule has 0 heterocycles. The molecule has 0 aromatic rings. The minimum Gasteiger partial charge on any atom is -0.395 e. The molecule has 0 fully saturated rings. The summed E-state index contributed by atoms with van der Waals surface area (Å²) < 4.78 is 0. The van der Waals surface area contributed by atoms with E-state index in [9.17, 15) is 4.79 Å². The number of carbonyl (C=O) groups excluding carboxylic acids is 1. The Morgan fingerprint density at radius 2 is 1.42 bits per heavy atom. The van der Waals surface area contributed by atoms with Crippen LogP contribution in [0.4, 0.5) is 0 Å². The third kappa shape index (κ3) is 19.0. The first kappa shape index (κ1) is 22.9. The van der Waals surface area contributed by atoms with Gasteiger partial charge in [-0.25, -0.2) is 0 Å². The van der Waals surface area contributed by atoms with Gasteiger partial charge in [0.2, 0.25) is 5.91 Å². The zero-order chi connectivity index (χ0) is 17.7. The van der Waals surface area contributed by atoms with Crippen LogP contribution in [0.2, 0.25) is 0 Å². The zero-order valence-corrected chi connectivity index (χ0v) is 15.8. The minimum atomic E-state index is 0.0232. The third-order valence-electron chi connectivity index (χ3n) is 4.04. The monoisotopic (exact) mass is 337 g/mol. The second kappa shape index (κ2) is 20.0. The molecule has 2 N–H and O–H groups in total. The number of aliphatic hydroxyl groups excluding tert-OH is 1. The lowest BCUT2D eigenvalue weighted by Gasteiger charge is -2.03. The Hall–Kier alpha value is -1.09. The van der Waals surface area contributed by atoms with Gasteiger partial charge in [-0.15, -0.1) is 0 Å². The molecule has 0 aliphatic rings. The number of hydrogen-bond acceptors (Lipinski definition) is 2. The van der Waals surface area contributed by atoms with Gasteiger partial charge in [-0.2, -0.15) is 0 Å². The first-order valence-electron chi connectivity index (χ1n) is 9.98. The highest BCUT2D eigenvalue weighted by Gasteiger charge is 1.99. The van der Waals surface area contributed by atoms with E-state index in [2.05, 4.69) is 36.5 Å². The summed E-state index contributed by atoms with van der Waals surface area (Å²) in [5.74, 6) is 0.0635. The number of nitrogens with one attached hydrogen (secondary N) is 1. The van der Waals surface area contributed by atoms with Gasteiger partial charge in [-0.3, -0.25) is 4.79 Å². The molecule has 0 atom stereocenters. The van der Waals surface area contributed by atoms with Crippen molar-refractivity contribution in [2.75, 3.05) is 13.2 Å². The molecule has 0 radical (unpaired) electrons. The molecule has 0 aliphatic heterocycles. The predicted octanol–water partition coefficient (Wildman–Crippen LogP) is 5.30. The molecule has 0 spiro atoms. The van der Waals surface area contributed by atoms with E-state index in [0.717, 1.165) is 19.3 Å². The van der Waals surface area contributed by atoms with E-state index in [-0.39, 0.29) is 12.5 Å². The molecule has 3 heteroatoms. The molecule has 0 aliphatic carbocycles. The van der Waals surface area contributed by atoms with Crippen molar-refractivity contribution in [3.8, 4) is 0 Å². The summed E-state index contributed by atoms with van der Waals surface area (Å²) in [6, 6.07) is 0. The Kier molecular flexibility index (Phi) is 19.0. The Morgan fingerprint density at radius 1 is 0.833 bits per heavy atom. The summed E-state index contributed by atoms with van der Waals surface area (Å²) in [6.07, 6.45) is 24.4. The lowest BCUT2D eigenvalue weighted by molar-refractivity contribution is -0.121. The van der Waals surface area contributed by atoms with Gasteiger partial charge in [0.25, 0.3) is 0 Å². The van der Waals surface area contributed by atoms with E-state index in [4.69, 9.17) is 5.11 Å². The molecule has 0 aromatic carbocycles. The van der Waals surface area contributed by atoms with E-state index >= 15 is 0 Å². The molecule has 24 heavy (non-hydrogen) atoms. The van der Waals surface area contributed by atoms with Crippen molar-refractivity contribution in [3.05, 3.63) is 24.3 Å². The number of unbranched alkanes of at least 4 members (excludes halogenated alkanes) is 9. The summed E-state index contributed by atoms with van der Waals surface area (Å²) in [6.45, 7) is 2.64. The molecule has 0 saturated heterocycles. The van der Waals surface area contributed by atoms with E-state index in [1.807, 2.05) is 0 Å². The lowest BCUT2D eigenvalue weighted by atomic mass is 10.1. The zero-order valence-electron chi connectivity index (χ0n) is 15.8. The first-order chi connectivity index (χ1) is 11.8. The smallest absolute Gasteiger partial charge is 0.220 e. The average Bonchev–Trinajstić information content (AvgIpc) is 2.59. The lowest BCUT2D eigenvalue weighted by Crippen LogP contribution is -2.25. The fraction of sp³-hybridized carbons (Fsp3) is 0.762. The van der Waals surface area contributed by atoms with Crippen molar-refractivity contribution in [1.29, 1.82) is 0 Å². The van der Waals surface area contributed by atoms with Gasteiger partial charge in [-0.1, -0.05) is 69.8 Å². The normalized spacial score (nSPS) is 11.6. The Morgan fingerprint density at radius 3 is 2.04 bits per heavy atom. The molecular formula is C21H39NO2. The quantitative estimate of drug-likeness (QED) is 0.279. The van der Waals surface area contributed by atoms with Crippen LogP contribution in [0, 0.1) is 0 Å². The van der Waals surface area contributed by atoms with Gasteiger partial charge >= 0.3 is 0 Å². The molecule has 0 unspecified atom stereocenters. The minimum absolute atomic E-state index is 0.0232. The van der Waals surface area contributed by atoms with E-state index < -0.39 is 0 Å². The van der Waals surface area contributed by atoms with Crippen molar-refractivity contribution in [1.82, 2.24) is 5.32 Å². The van der Waals surface area contributed by atoms with Crippen molar-refractivity contribution in [2.45, 2.75) is 90.4 Å². The summed E-state index contributed by atoms with van der Waals surface area (Å²) in [5.41, 5.74) is 0. The summed E-state index contributed by atoms with van der Waals surface area (Å²) in [7, 11) is 0. The van der Waals surface area contributed by atoms with Crippen LogP contribution in [0.15, 0.2) is 24.3 Å². The van der Waals surface area contributed by atoms with Crippen LogP contribution < -0.4 is 5.32 Å². The fourth-order valence-corrected chi connectivity index (χ4v) is 2.56. The molecule has 140 valence electrons. The Balaban J connectivity index is 3.22. The molecule has 0 bridgehead atoms. The first-order valence-corrected chi connectivity index (χ1v) is 9.98. The number of amides is 1. The Bertz CT molecular complexity index is 324. The van der Waals surface area contributed by atoms with Crippen molar-refractivity contribution < 1.29 is 9.90 Å². The highest BCUT2D eigenvalue weighted by atomic mass is 16.3. The maximum atomic E-state index is 11.3. The summed E-state index contributed by atoms with van der Waals surface area (Å²) >= 11 is 0. The van der Waals surface area contributed by atoms with Crippen LogP contribution in [0.25, 0.3) is 0 Å². The predicted molar refractivity (Wildman–Crippen MR) is 104 cm³/mol. The van der Waals surface area contributed by atoms with Crippen molar-refractivity contribution >= 4 is 5.91 Å². The number of aliphatic hydroxyl groups is 1. The van der Waals surface area contributed by atoms with Crippen LogP contribution in [-0.4, -0.2) is 24.2 Å². The summed E-state index contributed by atoms with van der Waals surface area (Å²) in [5, 5.41) is 11.3. The average molecular weight is 338 g/mol. The molecular weight excluding hydrogens is 298 g/mol. The van der Waals surface area contributed by atoms with Gasteiger partial charge in [0.15, 0.2) is 0 Å². The topological polar surface area (TPSA) is 49.3 Å². The number of rotatable bonds is 17. The largest absolute Gasteiger partial charge is 0.395 e. The second-order valence-corrected chi connectivity index (χ2v) is 6.41. The van der Waals surface area contributed by atoms with Crippen LogP contribution in [0.5, 0.6) is 0 Å². The highest BCUT2D eigenvalue weighted by Crippen LogP contribution is 2.09. The number of hydrogen-bond donors (Lipinski definition) is 2. The standard InChI is InChI=1S/C21H39NO2/c1-2-3-4-5-6-7-8-9-10-11-12-13-14-15-16-17-18-21(24)22-19-20-23/h6-7,9-10,23H,2-5,8,11-20H2,1H3,(H,22,24)/b7-6-,10-9-. The molecule has 0 saturated carbocycles. The Labute approximate surface area is 149 Å². The maximum absolute atomic E-state index is 11.3. The van der Waals surface area contributed by atoms with Crippen molar-refractivity contribution in [2.24, 2.45) is 0 Å². The second-order valence-electron chi connectivity index (χ2n) is 6.41. The van der Waals surface area contributed by atoms with Gasteiger partial charge in [-0.05, 0) is 38.5 Å². The van der Waals surface area contributed by atoms with E-state index in [1.165, 1.54) is 57.8 Å². The molecule has 0 rings (SSSR count). The fourth-order valence-electron chi connectivity index (χ4n) is 2.56. The van der Waals surface area contributed by atoms with Gasteiger partial charge in [0.05, 0.1) is 6.61 Å².